The Morgan fingerprint density at radius 2 is 1.93 bits per heavy atom. The number of amides is 1. The minimum atomic E-state index is 0.0562. The summed E-state index contributed by atoms with van der Waals surface area (Å²) in [6, 6.07) is 10.8. The van der Waals surface area contributed by atoms with Crippen LogP contribution in [-0.2, 0) is 18.3 Å². The van der Waals surface area contributed by atoms with Gasteiger partial charge in [0.15, 0.2) is 0 Å². The van der Waals surface area contributed by atoms with Crippen molar-refractivity contribution in [2.24, 2.45) is 7.05 Å². The van der Waals surface area contributed by atoms with Gasteiger partial charge in [0, 0.05) is 30.5 Å². The van der Waals surface area contributed by atoms with E-state index in [1.54, 1.807) is 0 Å². The second kappa shape index (κ2) is 8.46. The lowest BCUT2D eigenvalue weighted by atomic mass is 9.97. The Bertz CT molecular complexity index is 990. The molecule has 1 unspecified atom stereocenters. The largest absolute Gasteiger partial charge is 0.380 e. The van der Waals surface area contributed by atoms with Crippen molar-refractivity contribution >= 4 is 28.2 Å². The van der Waals surface area contributed by atoms with Gasteiger partial charge in [0.25, 0.3) is 0 Å². The molecule has 0 saturated heterocycles. The molecule has 2 aromatic carbocycles. The molecule has 0 radical (unpaired) electrons. The van der Waals surface area contributed by atoms with Crippen molar-refractivity contribution < 1.29 is 4.79 Å². The Labute approximate surface area is 167 Å². The van der Waals surface area contributed by atoms with E-state index in [0.29, 0.717) is 6.42 Å². The number of fused-ring (bicyclic) bond motifs is 2. The number of carbonyl (C=O) groups excluding carboxylic acids is 1. The molecule has 1 aromatic heterocycles. The Morgan fingerprint density at radius 3 is 2.64 bits per heavy atom. The van der Waals surface area contributed by atoms with Crippen molar-refractivity contribution in [1.29, 1.82) is 0 Å². The minimum absolute atomic E-state index is 0.0562. The second-order valence-corrected chi connectivity index (χ2v) is 7.47. The van der Waals surface area contributed by atoms with Crippen LogP contribution in [0.15, 0.2) is 36.5 Å². The Kier molecular flexibility index (Phi) is 6.02. The molecule has 1 amide bonds. The normalized spacial score (nSPS) is 15.8. The van der Waals surface area contributed by atoms with Gasteiger partial charge in [-0.3, -0.25) is 9.48 Å². The molecule has 2 N–H and O–H groups in total. The van der Waals surface area contributed by atoms with Gasteiger partial charge in [0.05, 0.1) is 23.1 Å². The van der Waals surface area contributed by atoms with Crippen molar-refractivity contribution in [2.45, 2.75) is 53.0 Å². The molecular weight excluding hydrogens is 348 g/mol. The smallest absolute Gasteiger partial charge is 0.226 e. The topological polar surface area (TPSA) is 59.0 Å². The summed E-state index contributed by atoms with van der Waals surface area (Å²) in [7, 11) is 1.95. The van der Waals surface area contributed by atoms with Gasteiger partial charge in [0.2, 0.25) is 5.91 Å². The molecule has 0 bridgehead atoms. The zero-order chi connectivity index (χ0) is 20.3. The van der Waals surface area contributed by atoms with Crippen molar-refractivity contribution in [3.8, 4) is 11.1 Å². The number of aromatic nitrogens is 2. The third-order valence-corrected chi connectivity index (χ3v) is 4.82. The van der Waals surface area contributed by atoms with Gasteiger partial charge in [-0.15, -0.1) is 0 Å². The van der Waals surface area contributed by atoms with Crippen LogP contribution in [0.25, 0.3) is 22.0 Å². The summed E-state index contributed by atoms with van der Waals surface area (Å²) in [6.45, 7) is 8.42. The summed E-state index contributed by atoms with van der Waals surface area (Å²) in [5, 5.41) is 12.0. The van der Waals surface area contributed by atoms with E-state index in [9.17, 15) is 4.79 Å². The van der Waals surface area contributed by atoms with Crippen LogP contribution in [-0.4, -0.2) is 21.7 Å². The lowest BCUT2D eigenvalue weighted by Crippen LogP contribution is -2.19. The Balaban J connectivity index is 0.000000706. The fraction of sp³-hybridized carbons (Fsp3) is 0.391. The third-order valence-electron chi connectivity index (χ3n) is 4.82. The highest BCUT2D eigenvalue weighted by atomic mass is 16.1. The summed E-state index contributed by atoms with van der Waals surface area (Å²) in [5.74, 6) is 0.0562. The predicted octanol–water partition coefficient (Wildman–Crippen LogP) is 5.36. The quantitative estimate of drug-likeness (QED) is 0.631. The Hall–Kier alpha value is -2.82. The maximum atomic E-state index is 12.1. The molecule has 0 fully saturated rings. The monoisotopic (exact) mass is 378 g/mol. The molecular formula is C23H30N4O. The third kappa shape index (κ3) is 4.03. The van der Waals surface area contributed by atoms with Crippen LogP contribution in [0.2, 0.25) is 0 Å². The van der Waals surface area contributed by atoms with Crippen LogP contribution in [0.4, 0.5) is 11.4 Å². The van der Waals surface area contributed by atoms with Crippen LogP contribution in [0, 0.1) is 0 Å². The SMILES string of the molecule is CCC.CCc1cc2c(c(-c3ccc4c(cnn4C)c3)c1)NC(C)CC(=O)N2. The maximum Gasteiger partial charge on any atom is 0.226 e. The van der Waals surface area contributed by atoms with E-state index in [1.807, 2.05) is 24.9 Å². The molecule has 0 saturated carbocycles. The molecule has 4 rings (SSSR count). The molecule has 5 nitrogen and oxygen atoms in total. The molecule has 0 spiro atoms. The van der Waals surface area contributed by atoms with Gasteiger partial charge in [-0.25, -0.2) is 0 Å². The summed E-state index contributed by atoms with van der Waals surface area (Å²) in [6.07, 6.45) is 4.52. The molecule has 1 aliphatic heterocycles. The highest BCUT2D eigenvalue weighted by Gasteiger charge is 2.21. The predicted molar refractivity (Wildman–Crippen MR) is 118 cm³/mol. The summed E-state index contributed by atoms with van der Waals surface area (Å²) in [5.41, 5.74) is 6.43. The standard InChI is InChI=1S/C20H22N4O.C3H8/c1-4-13-8-16(14-5-6-18-15(10-14)11-21-24(18)3)20-17(9-13)23-19(25)7-12(2)22-20;1-3-2/h5-6,8-12,22H,4,7H2,1-3H3,(H,23,25);3H2,1-2H3. The molecule has 1 aliphatic rings. The van der Waals surface area contributed by atoms with Gasteiger partial charge in [0.1, 0.15) is 0 Å². The number of hydrogen-bond acceptors (Lipinski definition) is 3. The second-order valence-electron chi connectivity index (χ2n) is 7.47. The molecule has 2 heterocycles. The minimum Gasteiger partial charge on any atom is -0.380 e. The van der Waals surface area contributed by atoms with E-state index in [0.717, 1.165) is 39.8 Å². The number of hydrogen-bond donors (Lipinski definition) is 2. The van der Waals surface area contributed by atoms with Gasteiger partial charge in [-0.05, 0) is 48.7 Å². The van der Waals surface area contributed by atoms with E-state index in [1.165, 1.54) is 12.0 Å². The molecule has 5 heteroatoms. The fourth-order valence-corrected chi connectivity index (χ4v) is 3.50. The number of rotatable bonds is 2. The van der Waals surface area contributed by atoms with Crippen LogP contribution >= 0.6 is 0 Å². The zero-order valence-corrected chi connectivity index (χ0v) is 17.5. The van der Waals surface area contributed by atoms with E-state index in [2.05, 4.69) is 66.8 Å². The number of nitrogens with one attached hydrogen (secondary N) is 2. The van der Waals surface area contributed by atoms with Gasteiger partial charge in [-0.1, -0.05) is 33.3 Å². The summed E-state index contributed by atoms with van der Waals surface area (Å²) >= 11 is 0. The fourth-order valence-electron chi connectivity index (χ4n) is 3.50. The first-order chi connectivity index (χ1) is 13.5. The number of aryl methyl sites for hydroxylation is 2. The Morgan fingerprint density at radius 1 is 1.18 bits per heavy atom. The van der Waals surface area contributed by atoms with E-state index in [-0.39, 0.29) is 11.9 Å². The first-order valence-corrected chi connectivity index (χ1v) is 10.1. The van der Waals surface area contributed by atoms with E-state index in [4.69, 9.17) is 0 Å². The lowest BCUT2D eigenvalue weighted by molar-refractivity contribution is -0.116. The van der Waals surface area contributed by atoms with Crippen molar-refractivity contribution in [1.82, 2.24) is 9.78 Å². The van der Waals surface area contributed by atoms with Crippen molar-refractivity contribution in [3.05, 3.63) is 42.1 Å². The van der Waals surface area contributed by atoms with E-state index < -0.39 is 0 Å². The molecule has 1 atom stereocenters. The average molecular weight is 379 g/mol. The first-order valence-electron chi connectivity index (χ1n) is 10.1. The highest BCUT2D eigenvalue weighted by Crippen LogP contribution is 2.39. The van der Waals surface area contributed by atoms with E-state index >= 15 is 0 Å². The van der Waals surface area contributed by atoms with Crippen molar-refractivity contribution in [2.75, 3.05) is 10.6 Å². The molecule has 148 valence electrons. The number of carbonyl (C=O) groups is 1. The molecule has 28 heavy (non-hydrogen) atoms. The van der Waals surface area contributed by atoms with Crippen LogP contribution in [0.3, 0.4) is 0 Å². The molecule has 3 aromatic rings. The van der Waals surface area contributed by atoms with Crippen molar-refractivity contribution in [3.63, 3.8) is 0 Å². The summed E-state index contributed by atoms with van der Waals surface area (Å²) in [4.78, 5) is 12.1. The zero-order valence-electron chi connectivity index (χ0n) is 17.5. The molecule has 0 aliphatic carbocycles. The number of anilines is 2. The maximum absolute atomic E-state index is 12.1. The number of nitrogens with zero attached hydrogens (tertiary/aromatic N) is 2. The lowest BCUT2D eigenvalue weighted by Gasteiger charge is -2.18. The van der Waals surface area contributed by atoms with Gasteiger partial charge >= 0.3 is 0 Å². The van der Waals surface area contributed by atoms with Crippen LogP contribution in [0.5, 0.6) is 0 Å². The summed E-state index contributed by atoms with van der Waals surface area (Å²) < 4.78 is 1.88. The van der Waals surface area contributed by atoms with Gasteiger partial charge in [-0.2, -0.15) is 5.10 Å². The average Bonchev–Trinajstić information content (AvgIpc) is 2.95. The number of benzene rings is 2. The van der Waals surface area contributed by atoms with Crippen LogP contribution < -0.4 is 10.6 Å². The first kappa shape index (κ1) is 19.9. The van der Waals surface area contributed by atoms with Crippen LogP contribution in [0.1, 0.15) is 46.1 Å². The highest BCUT2D eigenvalue weighted by molar-refractivity contribution is 6.01. The van der Waals surface area contributed by atoms with Gasteiger partial charge < -0.3 is 10.6 Å².